The Morgan fingerprint density at radius 1 is 0.939 bits per heavy atom. The Balaban J connectivity index is 1.66. The number of amides is 1. The van der Waals surface area contributed by atoms with E-state index in [0.29, 0.717) is 17.7 Å². The molecular formula is C25H26N2O5S. The fourth-order valence-electron chi connectivity index (χ4n) is 3.27. The third-order valence-electron chi connectivity index (χ3n) is 4.94. The maximum absolute atomic E-state index is 12.6. The average Bonchev–Trinajstić information content (AvgIpc) is 2.79. The van der Waals surface area contributed by atoms with Crippen LogP contribution in [0.2, 0.25) is 0 Å². The summed E-state index contributed by atoms with van der Waals surface area (Å²) < 4.78 is 32.0. The van der Waals surface area contributed by atoms with Crippen LogP contribution in [0.15, 0.2) is 77.7 Å². The van der Waals surface area contributed by atoms with Crippen LogP contribution in [0.4, 0.5) is 5.69 Å². The number of ether oxygens (including phenoxy) is 1. The molecule has 7 nitrogen and oxygen atoms in total. The lowest BCUT2D eigenvalue weighted by Crippen LogP contribution is -2.24. The zero-order valence-corrected chi connectivity index (χ0v) is 19.3. The quantitative estimate of drug-likeness (QED) is 0.469. The Bertz CT molecular complexity index is 1240. The van der Waals surface area contributed by atoms with Crippen molar-refractivity contribution in [1.82, 2.24) is 4.72 Å². The van der Waals surface area contributed by atoms with Gasteiger partial charge in [0.2, 0.25) is 10.0 Å². The minimum absolute atomic E-state index is 0.0406. The Hall–Kier alpha value is -3.49. The molecule has 3 rings (SSSR count). The van der Waals surface area contributed by atoms with Crippen LogP contribution in [0.5, 0.6) is 0 Å². The Labute approximate surface area is 193 Å². The lowest BCUT2D eigenvalue weighted by Gasteiger charge is -2.12. The summed E-state index contributed by atoms with van der Waals surface area (Å²) in [6.07, 6.45) is 0.642. The van der Waals surface area contributed by atoms with Gasteiger partial charge in [0.1, 0.15) is 0 Å². The molecule has 0 heterocycles. The van der Waals surface area contributed by atoms with Gasteiger partial charge in [-0.05, 0) is 48.2 Å². The summed E-state index contributed by atoms with van der Waals surface area (Å²) in [6, 6.07) is 21.5. The first-order valence-corrected chi connectivity index (χ1v) is 12.0. The molecule has 0 bridgehead atoms. The fourth-order valence-corrected chi connectivity index (χ4v) is 4.34. The van der Waals surface area contributed by atoms with Crippen LogP contribution < -0.4 is 10.0 Å². The highest BCUT2D eigenvalue weighted by Gasteiger charge is 2.19. The molecule has 0 saturated carbocycles. The SMILES string of the molecule is CCNS(=O)(=O)c1ccc(C)c(C(=O)OCC(=O)Nc2ccccc2Cc2ccccc2)c1. The van der Waals surface area contributed by atoms with Gasteiger partial charge in [-0.2, -0.15) is 0 Å². The average molecular weight is 467 g/mol. The number of carbonyl (C=O) groups excluding carboxylic acids is 2. The molecule has 3 aromatic rings. The number of para-hydroxylation sites is 1. The highest BCUT2D eigenvalue weighted by atomic mass is 32.2. The molecule has 172 valence electrons. The Kier molecular flexibility index (Phi) is 7.97. The minimum atomic E-state index is -3.72. The van der Waals surface area contributed by atoms with E-state index in [0.717, 1.165) is 11.1 Å². The van der Waals surface area contributed by atoms with Gasteiger partial charge in [-0.3, -0.25) is 4.79 Å². The third kappa shape index (κ3) is 6.50. The second-order valence-corrected chi connectivity index (χ2v) is 9.19. The van der Waals surface area contributed by atoms with E-state index in [4.69, 9.17) is 4.74 Å². The molecule has 8 heteroatoms. The van der Waals surface area contributed by atoms with Crippen molar-refractivity contribution in [2.24, 2.45) is 0 Å². The molecule has 33 heavy (non-hydrogen) atoms. The molecule has 3 aromatic carbocycles. The number of hydrogen-bond acceptors (Lipinski definition) is 5. The maximum Gasteiger partial charge on any atom is 0.338 e. The van der Waals surface area contributed by atoms with Gasteiger partial charge in [-0.1, -0.05) is 61.5 Å². The number of rotatable bonds is 9. The van der Waals surface area contributed by atoms with E-state index >= 15 is 0 Å². The summed E-state index contributed by atoms with van der Waals surface area (Å²) in [6.45, 7) is 3.06. The standard InChI is InChI=1S/C25H26N2O5S/c1-3-26-33(30,31)21-14-13-18(2)22(16-21)25(29)32-17-24(28)27-23-12-8-7-11-20(23)15-19-9-5-4-6-10-19/h4-14,16,26H,3,15,17H2,1-2H3,(H,27,28). The van der Waals surface area contributed by atoms with Crippen molar-refractivity contribution in [3.05, 3.63) is 95.1 Å². The van der Waals surface area contributed by atoms with Crippen molar-refractivity contribution < 1.29 is 22.7 Å². The van der Waals surface area contributed by atoms with E-state index in [9.17, 15) is 18.0 Å². The van der Waals surface area contributed by atoms with Crippen molar-refractivity contribution >= 4 is 27.6 Å². The molecule has 0 aliphatic carbocycles. The lowest BCUT2D eigenvalue weighted by molar-refractivity contribution is -0.119. The van der Waals surface area contributed by atoms with Crippen LogP contribution in [-0.4, -0.2) is 33.4 Å². The van der Waals surface area contributed by atoms with Gasteiger partial charge in [0.05, 0.1) is 10.5 Å². The number of sulfonamides is 1. The first-order valence-electron chi connectivity index (χ1n) is 10.5. The smallest absolute Gasteiger partial charge is 0.338 e. The monoisotopic (exact) mass is 466 g/mol. The summed E-state index contributed by atoms with van der Waals surface area (Å²) in [5.74, 6) is -1.26. The zero-order chi connectivity index (χ0) is 23.8. The van der Waals surface area contributed by atoms with E-state index < -0.39 is 28.5 Å². The molecule has 0 atom stereocenters. The second kappa shape index (κ2) is 10.9. The van der Waals surface area contributed by atoms with Crippen LogP contribution in [0.3, 0.4) is 0 Å². The van der Waals surface area contributed by atoms with E-state index in [-0.39, 0.29) is 17.0 Å². The molecule has 0 spiro atoms. The molecule has 0 aliphatic heterocycles. The van der Waals surface area contributed by atoms with Gasteiger partial charge in [-0.15, -0.1) is 0 Å². The number of esters is 1. The zero-order valence-electron chi connectivity index (χ0n) is 18.5. The molecular weight excluding hydrogens is 440 g/mol. The van der Waals surface area contributed by atoms with Gasteiger partial charge in [0, 0.05) is 12.2 Å². The Morgan fingerprint density at radius 3 is 2.36 bits per heavy atom. The molecule has 0 aliphatic rings. The second-order valence-electron chi connectivity index (χ2n) is 7.42. The van der Waals surface area contributed by atoms with Gasteiger partial charge in [0.15, 0.2) is 6.61 Å². The summed E-state index contributed by atoms with van der Waals surface area (Å²) in [7, 11) is -3.72. The first kappa shape index (κ1) is 24.2. The van der Waals surface area contributed by atoms with Crippen LogP contribution in [0.1, 0.15) is 34.0 Å². The number of nitrogens with one attached hydrogen (secondary N) is 2. The molecule has 0 aromatic heterocycles. The summed E-state index contributed by atoms with van der Waals surface area (Å²) in [4.78, 5) is 25.0. The van der Waals surface area contributed by atoms with Crippen molar-refractivity contribution in [3.8, 4) is 0 Å². The summed E-state index contributed by atoms with van der Waals surface area (Å²) in [5, 5.41) is 2.78. The van der Waals surface area contributed by atoms with Crippen molar-refractivity contribution in [1.29, 1.82) is 0 Å². The van der Waals surface area contributed by atoms with Gasteiger partial charge >= 0.3 is 5.97 Å². The fraction of sp³-hybridized carbons (Fsp3) is 0.200. The van der Waals surface area contributed by atoms with Crippen molar-refractivity contribution in [2.75, 3.05) is 18.5 Å². The predicted octanol–water partition coefficient (Wildman–Crippen LogP) is 3.68. The van der Waals surface area contributed by atoms with E-state index in [1.807, 2.05) is 48.5 Å². The van der Waals surface area contributed by atoms with E-state index in [1.54, 1.807) is 19.9 Å². The number of carbonyl (C=O) groups is 2. The number of aryl methyl sites for hydroxylation is 1. The molecule has 0 radical (unpaired) electrons. The van der Waals surface area contributed by atoms with Gasteiger partial charge < -0.3 is 10.1 Å². The largest absolute Gasteiger partial charge is 0.452 e. The van der Waals surface area contributed by atoms with Crippen LogP contribution >= 0.6 is 0 Å². The van der Waals surface area contributed by atoms with Crippen molar-refractivity contribution in [3.63, 3.8) is 0 Å². The van der Waals surface area contributed by atoms with E-state index in [2.05, 4.69) is 10.0 Å². The highest BCUT2D eigenvalue weighted by molar-refractivity contribution is 7.89. The molecule has 1 amide bonds. The normalized spacial score (nSPS) is 11.1. The number of hydrogen-bond donors (Lipinski definition) is 2. The lowest BCUT2D eigenvalue weighted by atomic mass is 10.0. The first-order chi connectivity index (χ1) is 15.8. The molecule has 0 saturated heterocycles. The van der Waals surface area contributed by atoms with Crippen molar-refractivity contribution in [2.45, 2.75) is 25.2 Å². The topological polar surface area (TPSA) is 102 Å². The van der Waals surface area contributed by atoms with Crippen LogP contribution in [0.25, 0.3) is 0 Å². The molecule has 0 unspecified atom stereocenters. The minimum Gasteiger partial charge on any atom is -0.452 e. The summed E-state index contributed by atoms with van der Waals surface area (Å²) in [5.41, 5.74) is 3.31. The van der Waals surface area contributed by atoms with Gasteiger partial charge in [-0.25, -0.2) is 17.9 Å². The Morgan fingerprint density at radius 2 is 1.64 bits per heavy atom. The van der Waals surface area contributed by atoms with Gasteiger partial charge in [0.25, 0.3) is 5.91 Å². The molecule has 2 N–H and O–H groups in total. The predicted molar refractivity (Wildman–Crippen MR) is 127 cm³/mol. The highest BCUT2D eigenvalue weighted by Crippen LogP contribution is 2.20. The number of anilines is 1. The van der Waals surface area contributed by atoms with Crippen LogP contribution in [-0.2, 0) is 26.0 Å². The third-order valence-corrected chi connectivity index (χ3v) is 6.48. The maximum atomic E-state index is 12.6. The molecule has 0 fully saturated rings. The van der Waals surface area contributed by atoms with E-state index in [1.165, 1.54) is 18.2 Å². The van der Waals surface area contributed by atoms with Crippen LogP contribution in [0, 0.1) is 6.92 Å². The summed E-state index contributed by atoms with van der Waals surface area (Å²) >= 11 is 0. The number of benzene rings is 3.